The highest BCUT2D eigenvalue weighted by atomic mass is 16.5. The molecule has 1 amide bonds. The standard InChI is InChI=1S/C14H18N2O2/c1-14(2,3)16-13(17)11-8-9-10(15-11)6-5-7-12(9)18-4/h5-8,15H,1-4H3,(H,16,17). The third-order valence-corrected chi connectivity index (χ3v) is 2.58. The maximum absolute atomic E-state index is 12.0. The lowest BCUT2D eigenvalue weighted by molar-refractivity contribution is 0.0915. The molecule has 4 heteroatoms. The second-order valence-electron chi connectivity index (χ2n) is 5.31. The third-order valence-electron chi connectivity index (χ3n) is 2.58. The van der Waals surface area contributed by atoms with Gasteiger partial charge in [-0.05, 0) is 39.0 Å². The van der Waals surface area contributed by atoms with Gasteiger partial charge in [0, 0.05) is 16.4 Å². The first-order chi connectivity index (χ1) is 8.40. The van der Waals surface area contributed by atoms with Crippen LogP contribution in [0.15, 0.2) is 24.3 Å². The van der Waals surface area contributed by atoms with Crippen molar-refractivity contribution in [1.82, 2.24) is 10.3 Å². The molecular formula is C14H18N2O2. The molecule has 4 nitrogen and oxygen atoms in total. The quantitative estimate of drug-likeness (QED) is 0.856. The van der Waals surface area contributed by atoms with E-state index >= 15 is 0 Å². The molecule has 1 aromatic carbocycles. The second kappa shape index (κ2) is 4.37. The predicted octanol–water partition coefficient (Wildman–Crippen LogP) is 2.70. The Kier molecular flexibility index (Phi) is 3.03. The largest absolute Gasteiger partial charge is 0.496 e. The topological polar surface area (TPSA) is 54.1 Å². The highest BCUT2D eigenvalue weighted by Gasteiger charge is 2.17. The van der Waals surface area contributed by atoms with Gasteiger partial charge in [-0.15, -0.1) is 0 Å². The molecule has 0 radical (unpaired) electrons. The Balaban J connectivity index is 2.39. The normalized spacial score (nSPS) is 11.6. The average Bonchev–Trinajstić information content (AvgIpc) is 2.70. The van der Waals surface area contributed by atoms with E-state index < -0.39 is 0 Å². The van der Waals surface area contributed by atoms with E-state index in [4.69, 9.17) is 4.74 Å². The van der Waals surface area contributed by atoms with Crippen molar-refractivity contribution < 1.29 is 9.53 Å². The number of rotatable bonds is 2. The van der Waals surface area contributed by atoms with E-state index in [1.165, 1.54) is 0 Å². The van der Waals surface area contributed by atoms with E-state index in [1.54, 1.807) is 7.11 Å². The molecule has 0 unspecified atom stereocenters. The second-order valence-corrected chi connectivity index (χ2v) is 5.31. The third kappa shape index (κ3) is 2.47. The van der Waals surface area contributed by atoms with E-state index in [1.807, 2.05) is 45.0 Å². The van der Waals surface area contributed by atoms with Gasteiger partial charge in [-0.1, -0.05) is 6.07 Å². The molecule has 0 aliphatic carbocycles. The SMILES string of the molecule is COc1cccc2[nH]c(C(=O)NC(C)(C)C)cc12. The van der Waals surface area contributed by atoms with Crippen molar-refractivity contribution in [2.24, 2.45) is 0 Å². The van der Waals surface area contributed by atoms with Gasteiger partial charge in [0.1, 0.15) is 11.4 Å². The number of carbonyl (C=O) groups is 1. The number of methoxy groups -OCH3 is 1. The lowest BCUT2D eigenvalue weighted by Crippen LogP contribution is -2.40. The maximum atomic E-state index is 12.0. The van der Waals surface area contributed by atoms with E-state index in [0.29, 0.717) is 5.69 Å². The fourth-order valence-electron chi connectivity index (χ4n) is 1.84. The maximum Gasteiger partial charge on any atom is 0.268 e. The number of carbonyl (C=O) groups excluding carboxylic acids is 1. The molecule has 0 aliphatic rings. The summed E-state index contributed by atoms with van der Waals surface area (Å²) in [4.78, 5) is 15.1. The molecule has 0 spiro atoms. The Labute approximate surface area is 106 Å². The zero-order valence-corrected chi connectivity index (χ0v) is 11.1. The Morgan fingerprint density at radius 1 is 1.33 bits per heavy atom. The van der Waals surface area contributed by atoms with Crippen LogP contribution in [0.25, 0.3) is 10.9 Å². The smallest absolute Gasteiger partial charge is 0.268 e. The first-order valence-electron chi connectivity index (χ1n) is 5.89. The number of fused-ring (bicyclic) bond motifs is 1. The number of H-pyrrole nitrogens is 1. The Bertz CT molecular complexity index is 579. The summed E-state index contributed by atoms with van der Waals surface area (Å²) >= 11 is 0. The molecular weight excluding hydrogens is 228 g/mol. The van der Waals surface area contributed by atoms with Crippen LogP contribution in [0.5, 0.6) is 5.75 Å². The summed E-state index contributed by atoms with van der Waals surface area (Å²) in [6, 6.07) is 7.51. The van der Waals surface area contributed by atoms with Crippen LogP contribution in [0.4, 0.5) is 0 Å². The van der Waals surface area contributed by atoms with Gasteiger partial charge in [0.2, 0.25) is 0 Å². The van der Waals surface area contributed by atoms with Crippen LogP contribution in [0.1, 0.15) is 31.3 Å². The minimum Gasteiger partial charge on any atom is -0.496 e. The summed E-state index contributed by atoms with van der Waals surface area (Å²) < 4.78 is 5.27. The van der Waals surface area contributed by atoms with Crippen LogP contribution < -0.4 is 10.1 Å². The molecule has 0 saturated heterocycles. The predicted molar refractivity (Wildman–Crippen MR) is 72.1 cm³/mol. The van der Waals surface area contributed by atoms with Gasteiger partial charge in [0.25, 0.3) is 5.91 Å². The molecule has 0 aliphatic heterocycles. The molecule has 0 atom stereocenters. The minimum atomic E-state index is -0.252. The summed E-state index contributed by atoms with van der Waals surface area (Å²) in [5.41, 5.74) is 1.19. The fraction of sp³-hybridized carbons (Fsp3) is 0.357. The number of hydrogen-bond acceptors (Lipinski definition) is 2. The van der Waals surface area contributed by atoms with E-state index in [0.717, 1.165) is 16.7 Å². The Morgan fingerprint density at radius 3 is 2.67 bits per heavy atom. The molecule has 2 rings (SSSR count). The average molecular weight is 246 g/mol. The fourth-order valence-corrected chi connectivity index (χ4v) is 1.84. The number of benzene rings is 1. The van der Waals surface area contributed by atoms with Crippen molar-refractivity contribution in [3.63, 3.8) is 0 Å². The molecule has 18 heavy (non-hydrogen) atoms. The molecule has 96 valence electrons. The van der Waals surface area contributed by atoms with Crippen molar-refractivity contribution in [3.05, 3.63) is 30.0 Å². The van der Waals surface area contributed by atoms with Gasteiger partial charge in [-0.2, -0.15) is 0 Å². The molecule has 2 aromatic rings. The van der Waals surface area contributed by atoms with Gasteiger partial charge in [-0.3, -0.25) is 4.79 Å². The number of aromatic amines is 1. The zero-order chi connectivity index (χ0) is 13.3. The monoisotopic (exact) mass is 246 g/mol. The number of amides is 1. The molecule has 0 fully saturated rings. The van der Waals surface area contributed by atoms with Gasteiger partial charge in [0.05, 0.1) is 7.11 Å². The van der Waals surface area contributed by atoms with Gasteiger partial charge in [-0.25, -0.2) is 0 Å². The lowest BCUT2D eigenvalue weighted by atomic mass is 10.1. The van der Waals surface area contributed by atoms with Crippen LogP contribution in [-0.4, -0.2) is 23.5 Å². The van der Waals surface area contributed by atoms with Crippen LogP contribution in [0, 0.1) is 0 Å². The first-order valence-corrected chi connectivity index (χ1v) is 5.89. The van der Waals surface area contributed by atoms with Crippen LogP contribution in [0.2, 0.25) is 0 Å². The molecule has 0 bridgehead atoms. The number of aromatic nitrogens is 1. The molecule has 0 saturated carbocycles. The number of hydrogen-bond donors (Lipinski definition) is 2. The van der Waals surface area contributed by atoms with Crippen molar-refractivity contribution in [3.8, 4) is 5.75 Å². The highest BCUT2D eigenvalue weighted by molar-refractivity contribution is 5.99. The van der Waals surface area contributed by atoms with Crippen molar-refractivity contribution in [1.29, 1.82) is 0 Å². The Hall–Kier alpha value is -1.97. The summed E-state index contributed by atoms with van der Waals surface area (Å²) in [5.74, 6) is 0.652. The number of ether oxygens (including phenoxy) is 1. The van der Waals surface area contributed by atoms with Gasteiger partial charge < -0.3 is 15.0 Å². The van der Waals surface area contributed by atoms with Crippen LogP contribution >= 0.6 is 0 Å². The highest BCUT2D eigenvalue weighted by Crippen LogP contribution is 2.26. The minimum absolute atomic E-state index is 0.110. The first kappa shape index (κ1) is 12.5. The van der Waals surface area contributed by atoms with Gasteiger partial charge >= 0.3 is 0 Å². The molecule has 1 heterocycles. The molecule has 2 N–H and O–H groups in total. The molecule has 1 aromatic heterocycles. The van der Waals surface area contributed by atoms with Crippen molar-refractivity contribution in [2.45, 2.75) is 26.3 Å². The summed E-state index contributed by atoms with van der Waals surface area (Å²) in [5, 5.41) is 3.84. The van der Waals surface area contributed by atoms with Crippen molar-refractivity contribution in [2.75, 3.05) is 7.11 Å². The van der Waals surface area contributed by atoms with Crippen LogP contribution in [-0.2, 0) is 0 Å². The van der Waals surface area contributed by atoms with Crippen LogP contribution in [0.3, 0.4) is 0 Å². The summed E-state index contributed by atoms with van der Waals surface area (Å²) in [7, 11) is 1.62. The zero-order valence-electron chi connectivity index (χ0n) is 11.1. The number of nitrogens with one attached hydrogen (secondary N) is 2. The van der Waals surface area contributed by atoms with E-state index in [9.17, 15) is 4.79 Å². The summed E-state index contributed by atoms with van der Waals surface area (Å²) in [6.45, 7) is 5.86. The van der Waals surface area contributed by atoms with Gasteiger partial charge in [0.15, 0.2) is 0 Å². The Morgan fingerprint density at radius 2 is 2.06 bits per heavy atom. The van der Waals surface area contributed by atoms with Crippen molar-refractivity contribution >= 4 is 16.8 Å². The van der Waals surface area contributed by atoms with E-state index in [2.05, 4.69) is 10.3 Å². The lowest BCUT2D eigenvalue weighted by Gasteiger charge is -2.19. The van der Waals surface area contributed by atoms with E-state index in [-0.39, 0.29) is 11.4 Å². The summed E-state index contributed by atoms with van der Waals surface area (Å²) in [6.07, 6.45) is 0.